The molecule has 0 unspecified atom stereocenters. The summed E-state index contributed by atoms with van der Waals surface area (Å²) in [7, 11) is 3.56. The SMILES string of the molecule is COCCCOCCN(C)C(=O)[C@H]1CCN[C@@H](C)C1.Cl. The lowest BCUT2D eigenvalue weighted by atomic mass is 9.92. The Labute approximate surface area is 128 Å². The molecule has 1 aliphatic heterocycles. The summed E-state index contributed by atoms with van der Waals surface area (Å²) in [6.45, 7) is 5.77. The topological polar surface area (TPSA) is 50.8 Å². The zero-order chi connectivity index (χ0) is 14.1. The van der Waals surface area contributed by atoms with Crippen molar-refractivity contribution in [1.82, 2.24) is 10.2 Å². The van der Waals surface area contributed by atoms with Gasteiger partial charge in [0, 0.05) is 45.9 Å². The molecule has 20 heavy (non-hydrogen) atoms. The molecule has 0 spiro atoms. The molecule has 1 N–H and O–H groups in total. The molecule has 1 heterocycles. The lowest BCUT2D eigenvalue weighted by Crippen LogP contribution is -2.43. The molecule has 120 valence electrons. The molecular weight excluding hydrogens is 280 g/mol. The number of amides is 1. The van der Waals surface area contributed by atoms with Crippen molar-refractivity contribution >= 4 is 18.3 Å². The number of hydrogen-bond donors (Lipinski definition) is 1. The number of methoxy groups -OCH3 is 1. The van der Waals surface area contributed by atoms with Crippen LogP contribution in [0.4, 0.5) is 0 Å². The van der Waals surface area contributed by atoms with Gasteiger partial charge in [-0.05, 0) is 32.7 Å². The Morgan fingerprint density at radius 1 is 1.35 bits per heavy atom. The Balaban J connectivity index is 0.00000361. The van der Waals surface area contributed by atoms with Crippen molar-refractivity contribution in [2.45, 2.75) is 32.2 Å². The molecule has 2 atom stereocenters. The van der Waals surface area contributed by atoms with E-state index in [1.807, 2.05) is 7.05 Å². The van der Waals surface area contributed by atoms with Crippen LogP contribution in [0.3, 0.4) is 0 Å². The third kappa shape index (κ3) is 7.43. The van der Waals surface area contributed by atoms with Gasteiger partial charge in [0.15, 0.2) is 0 Å². The van der Waals surface area contributed by atoms with E-state index in [1.54, 1.807) is 12.0 Å². The van der Waals surface area contributed by atoms with Crippen LogP contribution in [0.25, 0.3) is 0 Å². The van der Waals surface area contributed by atoms with Crippen LogP contribution in [0.1, 0.15) is 26.2 Å². The van der Waals surface area contributed by atoms with Crippen LogP contribution >= 0.6 is 12.4 Å². The van der Waals surface area contributed by atoms with Crippen molar-refractivity contribution in [3.8, 4) is 0 Å². The lowest BCUT2D eigenvalue weighted by molar-refractivity contribution is -0.136. The minimum atomic E-state index is 0. The van der Waals surface area contributed by atoms with Gasteiger partial charge in [0.25, 0.3) is 0 Å². The van der Waals surface area contributed by atoms with Crippen molar-refractivity contribution in [2.75, 3.05) is 47.1 Å². The first-order chi connectivity index (χ1) is 9.15. The molecule has 0 bridgehead atoms. The maximum absolute atomic E-state index is 12.2. The summed E-state index contributed by atoms with van der Waals surface area (Å²) in [5.74, 6) is 0.434. The van der Waals surface area contributed by atoms with Gasteiger partial charge in [-0.1, -0.05) is 0 Å². The average molecular weight is 309 g/mol. The van der Waals surface area contributed by atoms with Crippen molar-refractivity contribution in [2.24, 2.45) is 5.92 Å². The first kappa shape index (κ1) is 19.6. The quantitative estimate of drug-likeness (QED) is 0.687. The number of rotatable bonds is 8. The summed E-state index contributed by atoms with van der Waals surface area (Å²) < 4.78 is 10.4. The van der Waals surface area contributed by atoms with Crippen LogP contribution in [0.15, 0.2) is 0 Å². The van der Waals surface area contributed by atoms with Gasteiger partial charge in [-0.15, -0.1) is 12.4 Å². The highest BCUT2D eigenvalue weighted by molar-refractivity contribution is 5.85. The van der Waals surface area contributed by atoms with E-state index in [-0.39, 0.29) is 24.2 Å². The third-order valence-electron chi connectivity index (χ3n) is 3.56. The fraction of sp³-hybridized carbons (Fsp3) is 0.929. The number of hydrogen-bond acceptors (Lipinski definition) is 4. The number of ether oxygens (including phenoxy) is 2. The number of carbonyl (C=O) groups is 1. The van der Waals surface area contributed by atoms with Crippen LogP contribution in [0.5, 0.6) is 0 Å². The average Bonchev–Trinajstić information content (AvgIpc) is 2.41. The molecule has 0 radical (unpaired) electrons. The standard InChI is InChI=1S/C14H28N2O3.ClH/c1-12-11-13(5-6-15-12)14(17)16(2)7-10-19-9-4-8-18-3;/h12-13,15H,4-11H2,1-3H3;1H/t12-,13-;/m0./s1. The minimum Gasteiger partial charge on any atom is -0.385 e. The Bertz CT molecular complexity index is 267. The van der Waals surface area contributed by atoms with Gasteiger partial charge >= 0.3 is 0 Å². The Morgan fingerprint density at radius 3 is 2.75 bits per heavy atom. The Morgan fingerprint density at radius 2 is 2.10 bits per heavy atom. The predicted octanol–water partition coefficient (Wildman–Crippen LogP) is 1.31. The normalized spacial score (nSPS) is 22.1. The second kappa shape index (κ2) is 11.3. The number of piperidine rings is 1. The van der Waals surface area contributed by atoms with Crippen LogP contribution < -0.4 is 5.32 Å². The molecule has 1 amide bonds. The van der Waals surface area contributed by atoms with Gasteiger partial charge in [-0.25, -0.2) is 0 Å². The Hall–Kier alpha value is -0.360. The van der Waals surface area contributed by atoms with Crippen LogP contribution in [0, 0.1) is 5.92 Å². The van der Waals surface area contributed by atoms with E-state index < -0.39 is 0 Å². The molecule has 6 heteroatoms. The highest BCUT2D eigenvalue weighted by atomic mass is 35.5. The number of nitrogens with one attached hydrogen (secondary N) is 1. The van der Waals surface area contributed by atoms with Crippen molar-refractivity contribution in [1.29, 1.82) is 0 Å². The van der Waals surface area contributed by atoms with E-state index in [1.165, 1.54) is 0 Å². The minimum absolute atomic E-state index is 0. The molecule has 1 aliphatic rings. The maximum Gasteiger partial charge on any atom is 0.225 e. The van der Waals surface area contributed by atoms with Gasteiger partial charge in [-0.2, -0.15) is 0 Å². The van der Waals surface area contributed by atoms with Gasteiger partial charge in [-0.3, -0.25) is 4.79 Å². The Kier molecular flexibility index (Phi) is 11.1. The van der Waals surface area contributed by atoms with Crippen LogP contribution in [-0.4, -0.2) is 63.9 Å². The fourth-order valence-corrected chi connectivity index (χ4v) is 2.39. The predicted molar refractivity (Wildman–Crippen MR) is 82.4 cm³/mol. The van der Waals surface area contributed by atoms with E-state index in [2.05, 4.69) is 12.2 Å². The molecule has 1 fully saturated rings. The van der Waals surface area contributed by atoms with E-state index in [4.69, 9.17) is 9.47 Å². The molecular formula is C14H29ClN2O3. The van der Waals surface area contributed by atoms with Gasteiger partial charge in [0.2, 0.25) is 5.91 Å². The lowest BCUT2D eigenvalue weighted by Gasteiger charge is -2.30. The summed E-state index contributed by atoms with van der Waals surface area (Å²) >= 11 is 0. The van der Waals surface area contributed by atoms with Gasteiger partial charge in [0.1, 0.15) is 0 Å². The highest BCUT2D eigenvalue weighted by Crippen LogP contribution is 2.18. The molecule has 0 saturated carbocycles. The summed E-state index contributed by atoms with van der Waals surface area (Å²) in [6, 6.07) is 0.446. The molecule has 0 aliphatic carbocycles. The second-order valence-corrected chi connectivity index (χ2v) is 5.29. The zero-order valence-electron chi connectivity index (χ0n) is 12.9. The van der Waals surface area contributed by atoms with E-state index in [9.17, 15) is 4.79 Å². The zero-order valence-corrected chi connectivity index (χ0v) is 13.7. The van der Waals surface area contributed by atoms with Crippen molar-refractivity contribution in [3.05, 3.63) is 0 Å². The molecule has 1 saturated heterocycles. The van der Waals surface area contributed by atoms with Crippen molar-refractivity contribution < 1.29 is 14.3 Å². The summed E-state index contributed by atoms with van der Waals surface area (Å²) in [6.07, 6.45) is 2.79. The van der Waals surface area contributed by atoms with Crippen molar-refractivity contribution in [3.63, 3.8) is 0 Å². The van der Waals surface area contributed by atoms with Gasteiger partial charge < -0.3 is 19.7 Å². The van der Waals surface area contributed by atoms with E-state index in [0.717, 1.165) is 32.4 Å². The summed E-state index contributed by atoms with van der Waals surface area (Å²) in [5, 5.41) is 3.37. The summed E-state index contributed by atoms with van der Waals surface area (Å²) in [4.78, 5) is 14.0. The fourth-order valence-electron chi connectivity index (χ4n) is 2.39. The first-order valence-corrected chi connectivity index (χ1v) is 7.20. The number of halogens is 1. The smallest absolute Gasteiger partial charge is 0.225 e. The molecule has 5 nitrogen and oxygen atoms in total. The monoisotopic (exact) mass is 308 g/mol. The molecule has 0 aromatic rings. The second-order valence-electron chi connectivity index (χ2n) is 5.29. The highest BCUT2D eigenvalue weighted by Gasteiger charge is 2.26. The molecule has 0 aromatic carbocycles. The first-order valence-electron chi connectivity index (χ1n) is 7.20. The largest absolute Gasteiger partial charge is 0.385 e. The van der Waals surface area contributed by atoms with Crippen LogP contribution in [-0.2, 0) is 14.3 Å². The number of carbonyl (C=O) groups excluding carboxylic acids is 1. The van der Waals surface area contributed by atoms with Gasteiger partial charge in [0.05, 0.1) is 6.61 Å². The maximum atomic E-state index is 12.2. The summed E-state index contributed by atoms with van der Waals surface area (Å²) in [5.41, 5.74) is 0. The van der Waals surface area contributed by atoms with E-state index >= 15 is 0 Å². The number of likely N-dealkylation sites (N-methyl/N-ethyl adjacent to an activating group) is 1. The third-order valence-corrected chi connectivity index (χ3v) is 3.56. The molecule has 0 aromatic heterocycles. The molecule has 1 rings (SSSR count). The van der Waals surface area contributed by atoms with E-state index in [0.29, 0.717) is 25.8 Å². The number of nitrogens with zero attached hydrogens (tertiary/aromatic N) is 1. The van der Waals surface area contributed by atoms with Crippen LogP contribution in [0.2, 0.25) is 0 Å².